The van der Waals surface area contributed by atoms with E-state index in [1.54, 1.807) is 7.11 Å². The standard InChI is InChI=1S/C30H32N2O2/c1-30(2,3)22-13-9-20(10-14-22)29-28-26(31-24-7-5-6-8-25(24)32-29)17-21(18-27(28)33)19-11-15-23(34-4)16-12-19/h5-16,21,29,31-32H,17-18H2,1-4H3. The zero-order chi connectivity index (χ0) is 23.9. The van der Waals surface area contributed by atoms with Crippen LogP contribution < -0.4 is 15.4 Å². The molecule has 34 heavy (non-hydrogen) atoms. The van der Waals surface area contributed by atoms with Crippen LogP contribution >= 0.6 is 0 Å². The lowest BCUT2D eigenvalue weighted by Crippen LogP contribution is -2.27. The van der Waals surface area contributed by atoms with Crippen molar-refractivity contribution in [2.24, 2.45) is 0 Å². The maximum atomic E-state index is 13.7. The van der Waals surface area contributed by atoms with Gasteiger partial charge in [0.1, 0.15) is 5.75 Å². The highest BCUT2D eigenvalue weighted by Crippen LogP contribution is 2.44. The summed E-state index contributed by atoms with van der Waals surface area (Å²) in [6.45, 7) is 6.66. The molecule has 0 radical (unpaired) electrons. The summed E-state index contributed by atoms with van der Waals surface area (Å²) in [5.74, 6) is 1.16. The van der Waals surface area contributed by atoms with Gasteiger partial charge in [-0.1, -0.05) is 69.3 Å². The number of carbonyl (C=O) groups excluding carboxylic acids is 1. The number of ether oxygens (including phenoxy) is 1. The van der Waals surface area contributed by atoms with Crippen molar-refractivity contribution in [1.82, 2.24) is 0 Å². The minimum atomic E-state index is -0.190. The van der Waals surface area contributed by atoms with Crippen LogP contribution in [-0.4, -0.2) is 12.9 Å². The second-order valence-corrected chi connectivity index (χ2v) is 10.3. The SMILES string of the molecule is COc1ccc(C2CC(=O)C3=C(C2)Nc2ccccc2NC3c2ccc(C(C)(C)C)cc2)cc1. The predicted molar refractivity (Wildman–Crippen MR) is 139 cm³/mol. The van der Waals surface area contributed by atoms with Gasteiger partial charge in [-0.05, 0) is 58.7 Å². The van der Waals surface area contributed by atoms with Gasteiger partial charge in [-0.3, -0.25) is 4.79 Å². The fraction of sp³-hybridized carbons (Fsp3) is 0.300. The van der Waals surface area contributed by atoms with Gasteiger partial charge < -0.3 is 15.4 Å². The van der Waals surface area contributed by atoms with Crippen LogP contribution in [-0.2, 0) is 10.2 Å². The molecule has 2 atom stereocenters. The van der Waals surface area contributed by atoms with Gasteiger partial charge in [0.15, 0.2) is 5.78 Å². The molecule has 5 rings (SSSR count). The van der Waals surface area contributed by atoms with E-state index < -0.39 is 0 Å². The predicted octanol–water partition coefficient (Wildman–Crippen LogP) is 6.97. The van der Waals surface area contributed by atoms with E-state index in [2.05, 4.69) is 79.9 Å². The zero-order valence-corrected chi connectivity index (χ0v) is 20.3. The molecule has 2 unspecified atom stereocenters. The number of rotatable bonds is 3. The Balaban J connectivity index is 1.55. The minimum absolute atomic E-state index is 0.0836. The monoisotopic (exact) mass is 452 g/mol. The highest BCUT2D eigenvalue weighted by molar-refractivity contribution is 6.01. The molecule has 4 heteroatoms. The number of hydrogen-bond acceptors (Lipinski definition) is 4. The molecule has 4 nitrogen and oxygen atoms in total. The first-order chi connectivity index (χ1) is 16.3. The van der Waals surface area contributed by atoms with Crippen LogP contribution in [0.5, 0.6) is 5.75 Å². The number of fused-ring (bicyclic) bond motifs is 1. The molecule has 0 bridgehead atoms. The van der Waals surface area contributed by atoms with Crippen LogP contribution in [0.1, 0.15) is 62.3 Å². The molecule has 1 aliphatic heterocycles. The van der Waals surface area contributed by atoms with E-state index in [0.29, 0.717) is 6.42 Å². The summed E-state index contributed by atoms with van der Waals surface area (Å²) >= 11 is 0. The smallest absolute Gasteiger partial charge is 0.163 e. The molecule has 0 amide bonds. The minimum Gasteiger partial charge on any atom is -0.497 e. The van der Waals surface area contributed by atoms with Gasteiger partial charge in [0.05, 0.1) is 24.5 Å². The number of methoxy groups -OCH3 is 1. The van der Waals surface area contributed by atoms with Crippen LogP contribution in [0.4, 0.5) is 11.4 Å². The van der Waals surface area contributed by atoms with Crippen molar-refractivity contribution in [1.29, 1.82) is 0 Å². The average molecular weight is 453 g/mol. The van der Waals surface area contributed by atoms with E-state index >= 15 is 0 Å². The number of carbonyl (C=O) groups is 1. The van der Waals surface area contributed by atoms with Crippen molar-refractivity contribution >= 4 is 17.2 Å². The first-order valence-corrected chi connectivity index (χ1v) is 12.0. The van der Waals surface area contributed by atoms with Gasteiger partial charge in [-0.2, -0.15) is 0 Å². The number of allylic oxidation sites excluding steroid dienone is 1. The Morgan fingerprint density at radius 2 is 1.47 bits per heavy atom. The first-order valence-electron chi connectivity index (χ1n) is 12.0. The van der Waals surface area contributed by atoms with E-state index in [9.17, 15) is 4.79 Å². The zero-order valence-electron chi connectivity index (χ0n) is 20.3. The molecular weight excluding hydrogens is 420 g/mol. The average Bonchev–Trinajstić information content (AvgIpc) is 3.00. The van der Waals surface area contributed by atoms with Crippen LogP contribution in [0.3, 0.4) is 0 Å². The highest BCUT2D eigenvalue weighted by atomic mass is 16.5. The van der Waals surface area contributed by atoms with Gasteiger partial charge in [-0.25, -0.2) is 0 Å². The molecule has 1 aliphatic carbocycles. The summed E-state index contributed by atoms with van der Waals surface area (Å²) in [5, 5.41) is 7.30. The fourth-order valence-electron chi connectivity index (χ4n) is 5.03. The summed E-state index contributed by atoms with van der Waals surface area (Å²) in [7, 11) is 1.67. The Morgan fingerprint density at radius 1 is 0.824 bits per heavy atom. The summed E-state index contributed by atoms with van der Waals surface area (Å²) in [4.78, 5) is 13.7. The molecule has 2 aliphatic rings. The van der Waals surface area contributed by atoms with E-state index in [-0.39, 0.29) is 23.2 Å². The van der Waals surface area contributed by atoms with Crippen molar-refractivity contribution in [3.8, 4) is 5.75 Å². The van der Waals surface area contributed by atoms with Gasteiger partial charge in [0, 0.05) is 17.7 Å². The van der Waals surface area contributed by atoms with Crippen LogP contribution in [0.25, 0.3) is 0 Å². The highest BCUT2D eigenvalue weighted by Gasteiger charge is 2.36. The Hall–Kier alpha value is -3.53. The van der Waals surface area contributed by atoms with E-state index in [1.807, 2.05) is 24.3 Å². The van der Waals surface area contributed by atoms with E-state index in [0.717, 1.165) is 40.4 Å². The number of ketones is 1. The Kier molecular flexibility index (Phi) is 5.68. The Morgan fingerprint density at radius 3 is 2.12 bits per heavy atom. The van der Waals surface area contributed by atoms with E-state index in [4.69, 9.17) is 4.74 Å². The second-order valence-electron chi connectivity index (χ2n) is 10.3. The normalized spacial score (nSPS) is 19.9. The lowest BCUT2D eigenvalue weighted by Gasteiger charge is -2.30. The quantitative estimate of drug-likeness (QED) is 0.450. The third kappa shape index (κ3) is 4.21. The summed E-state index contributed by atoms with van der Waals surface area (Å²) in [6, 6.07) is 24.8. The van der Waals surface area contributed by atoms with Crippen LogP contribution in [0.2, 0.25) is 0 Å². The molecule has 2 N–H and O–H groups in total. The number of para-hydroxylation sites is 2. The van der Waals surface area contributed by atoms with Gasteiger partial charge >= 0.3 is 0 Å². The Bertz CT molecular complexity index is 1230. The maximum Gasteiger partial charge on any atom is 0.163 e. The van der Waals surface area contributed by atoms with Crippen molar-refractivity contribution in [2.45, 2.75) is 51.0 Å². The van der Waals surface area contributed by atoms with Crippen LogP contribution in [0.15, 0.2) is 84.1 Å². The van der Waals surface area contributed by atoms with Gasteiger partial charge in [-0.15, -0.1) is 0 Å². The number of hydrogen-bond donors (Lipinski definition) is 2. The molecule has 3 aromatic rings. The molecule has 3 aromatic carbocycles. The molecule has 174 valence electrons. The third-order valence-electron chi connectivity index (χ3n) is 7.01. The van der Waals surface area contributed by atoms with Crippen molar-refractivity contribution in [3.63, 3.8) is 0 Å². The molecule has 0 saturated heterocycles. The fourth-order valence-corrected chi connectivity index (χ4v) is 5.03. The van der Waals surface area contributed by atoms with Crippen molar-refractivity contribution in [2.75, 3.05) is 17.7 Å². The molecule has 1 heterocycles. The largest absolute Gasteiger partial charge is 0.497 e. The molecule has 0 fully saturated rings. The Labute approximate surface area is 202 Å². The summed E-state index contributed by atoms with van der Waals surface area (Å²) in [5.41, 5.74) is 7.52. The second kappa shape index (κ2) is 8.68. The topological polar surface area (TPSA) is 50.4 Å². The number of anilines is 2. The molecular formula is C30H32N2O2. The summed E-state index contributed by atoms with van der Waals surface area (Å²) < 4.78 is 5.31. The molecule has 0 aromatic heterocycles. The van der Waals surface area contributed by atoms with Gasteiger partial charge in [0.2, 0.25) is 0 Å². The first kappa shape index (κ1) is 22.3. The molecule has 0 saturated carbocycles. The van der Waals surface area contributed by atoms with Crippen molar-refractivity contribution in [3.05, 3.63) is 101 Å². The lowest BCUT2D eigenvalue weighted by atomic mass is 9.78. The molecule has 0 spiro atoms. The number of nitrogens with one attached hydrogen (secondary N) is 2. The lowest BCUT2D eigenvalue weighted by molar-refractivity contribution is -0.116. The van der Waals surface area contributed by atoms with Crippen LogP contribution in [0, 0.1) is 0 Å². The number of benzene rings is 3. The summed E-state index contributed by atoms with van der Waals surface area (Å²) in [6.07, 6.45) is 1.29. The third-order valence-corrected chi connectivity index (χ3v) is 7.01. The maximum absolute atomic E-state index is 13.7. The number of Topliss-reactive ketones (excluding diaryl/α,β-unsaturated/α-hetero) is 1. The van der Waals surface area contributed by atoms with Gasteiger partial charge in [0.25, 0.3) is 0 Å². The van der Waals surface area contributed by atoms with E-state index in [1.165, 1.54) is 11.1 Å². The van der Waals surface area contributed by atoms with Crippen molar-refractivity contribution < 1.29 is 9.53 Å².